The number of hydrogen-bond acceptors (Lipinski definition) is 4. The number of halogens is 6. The summed E-state index contributed by atoms with van der Waals surface area (Å²) in [4.78, 5) is 1.12. The second kappa shape index (κ2) is 8.55. The summed E-state index contributed by atoms with van der Waals surface area (Å²) in [7, 11) is 0. The first-order valence-corrected chi connectivity index (χ1v) is 6.28. The number of phenolic OH excluding ortho intramolecular Hbond substituents is 1. The molecule has 0 saturated carbocycles. The fourth-order valence-electron chi connectivity index (χ4n) is 2.41. The molecule has 0 radical (unpaired) electrons. The van der Waals surface area contributed by atoms with E-state index in [1.54, 1.807) is 6.07 Å². The van der Waals surface area contributed by atoms with Gasteiger partial charge in [0.15, 0.2) is 11.6 Å². The van der Waals surface area contributed by atoms with E-state index in [-0.39, 0.29) is 43.5 Å². The summed E-state index contributed by atoms with van der Waals surface area (Å²) in [6.07, 6.45) is -4.69. The molecule has 4 nitrogen and oxygen atoms in total. The summed E-state index contributed by atoms with van der Waals surface area (Å²) in [6, 6.07) is 1.06. The van der Waals surface area contributed by atoms with Crippen molar-refractivity contribution < 1.29 is 22.7 Å². The molecular formula is C13H15Cl2F4N3O. The third kappa shape index (κ3) is 4.85. The van der Waals surface area contributed by atoms with Crippen LogP contribution in [0.15, 0.2) is 12.1 Å². The highest BCUT2D eigenvalue weighted by molar-refractivity contribution is 5.85. The molecule has 0 aromatic heterocycles. The number of alkyl halides is 3. The molecule has 1 aromatic carbocycles. The van der Waals surface area contributed by atoms with E-state index in [2.05, 4.69) is 5.32 Å². The Hall–Kier alpha value is -1.27. The molecule has 1 aromatic rings. The van der Waals surface area contributed by atoms with Crippen LogP contribution in [0.5, 0.6) is 5.75 Å². The number of phenols is 1. The third-order valence-corrected chi connectivity index (χ3v) is 3.34. The summed E-state index contributed by atoms with van der Waals surface area (Å²) >= 11 is 0. The largest absolute Gasteiger partial charge is 0.505 e. The zero-order chi connectivity index (χ0) is 15.6. The molecule has 0 aliphatic carbocycles. The number of rotatable bonds is 2. The van der Waals surface area contributed by atoms with Gasteiger partial charge in [-0.3, -0.25) is 4.90 Å². The molecule has 10 heteroatoms. The zero-order valence-corrected chi connectivity index (χ0v) is 13.4. The average molecular weight is 376 g/mol. The van der Waals surface area contributed by atoms with Crippen molar-refractivity contribution in [3.63, 3.8) is 0 Å². The topological polar surface area (TPSA) is 59.3 Å². The summed E-state index contributed by atoms with van der Waals surface area (Å²) in [6.45, 7) is 0.964. The van der Waals surface area contributed by atoms with Crippen LogP contribution in [0.25, 0.3) is 0 Å². The van der Waals surface area contributed by atoms with E-state index in [1.165, 1.54) is 0 Å². The minimum Gasteiger partial charge on any atom is -0.505 e. The minimum absolute atomic E-state index is 0. The van der Waals surface area contributed by atoms with Crippen LogP contribution in [0.2, 0.25) is 0 Å². The Morgan fingerprint density at radius 3 is 2.26 bits per heavy atom. The van der Waals surface area contributed by atoms with Gasteiger partial charge in [-0.1, -0.05) is 0 Å². The van der Waals surface area contributed by atoms with Crippen molar-refractivity contribution in [2.45, 2.75) is 12.2 Å². The molecule has 0 unspecified atom stereocenters. The van der Waals surface area contributed by atoms with E-state index >= 15 is 0 Å². The fourth-order valence-corrected chi connectivity index (χ4v) is 2.41. The normalized spacial score (nSPS) is 16.7. The molecule has 1 aliphatic heterocycles. The highest BCUT2D eigenvalue weighted by atomic mass is 35.5. The van der Waals surface area contributed by atoms with E-state index in [1.807, 2.05) is 0 Å². The van der Waals surface area contributed by atoms with E-state index in [4.69, 9.17) is 5.26 Å². The Balaban J connectivity index is 0.00000242. The third-order valence-electron chi connectivity index (χ3n) is 3.34. The summed E-state index contributed by atoms with van der Waals surface area (Å²) in [5.74, 6) is -2.29. The van der Waals surface area contributed by atoms with Gasteiger partial charge in [-0.25, -0.2) is 4.39 Å². The van der Waals surface area contributed by atoms with Crippen LogP contribution in [0.4, 0.5) is 17.6 Å². The van der Waals surface area contributed by atoms with Gasteiger partial charge >= 0.3 is 6.18 Å². The monoisotopic (exact) mass is 375 g/mol. The van der Waals surface area contributed by atoms with Gasteiger partial charge in [0.05, 0.1) is 11.6 Å². The number of hydrogen-bond donors (Lipinski definition) is 2. The van der Waals surface area contributed by atoms with Gasteiger partial charge in [-0.05, 0) is 12.1 Å². The Morgan fingerprint density at radius 1 is 1.22 bits per heavy atom. The van der Waals surface area contributed by atoms with Crippen molar-refractivity contribution in [2.24, 2.45) is 0 Å². The smallest absolute Gasteiger partial charge is 0.408 e. The van der Waals surface area contributed by atoms with Crippen molar-refractivity contribution in [3.8, 4) is 11.8 Å². The van der Waals surface area contributed by atoms with Gasteiger partial charge in [0.1, 0.15) is 6.04 Å². The molecule has 0 amide bonds. The molecule has 1 heterocycles. The number of nitrogens with zero attached hydrogens (tertiary/aromatic N) is 2. The van der Waals surface area contributed by atoms with Gasteiger partial charge in [0, 0.05) is 31.7 Å². The number of benzene rings is 1. The maximum atomic E-state index is 13.5. The zero-order valence-electron chi connectivity index (χ0n) is 11.7. The lowest BCUT2D eigenvalue weighted by Crippen LogP contribution is -2.49. The molecule has 0 bridgehead atoms. The van der Waals surface area contributed by atoms with Crippen molar-refractivity contribution >= 4 is 24.8 Å². The van der Waals surface area contributed by atoms with Crippen molar-refractivity contribution in [3.05, 3.63) is 29.1 Å². The van der Waals surface area contributed by atoms with Crippen LogP contribution >= 0.6 is 24.8 Å². The number of nitrogens with one attached hydrogen (secondary N) is 1. The van der Waals surface area contributed by atoms with Crippen LogP contribution in [-0.4, -0.2) is 42.4 Å². The molecule has 1 fully saturated rings. The molecule has 1 aliphatic rings. The van der Waals surface area contributed by atoms with Gasteiger partial charge in [-0.15, -0.1) is 24.8 Å². The quantitative estimate of drug-likeness (QED) is 0.780. The Labute approximate surface area is 142 Å². The molecule has 2 N–H and O–H groups in total. The Morgan fingerprint density at radius 2 is 1.78 bits per heavy atom. The van der Waals surface area contributed by atoms with Gasteiger partial charge in [0.25, 0.3) is 0 Å². The second-order valence-corrected chi connectivity index (χ2v) is 4.74. The van der Waals surface area contributed by atoms with Crippen LogP contribution in [0.1, 0.15) is 17.2 Å². The van der Waals surface area contributed by atoms with Gasteiger partial charge < -0.3 is 10.4 Å². The van der Waals surface area contributed by atoms with Crippen molar-refractivity contribution in [1.82, 2.24) is 10.2 Å². The van der Waals surface area contributed by atoms with Crippen molar-refractivity contribution in [2.75, 3.05) is 26.2 Å². The lowest BCUT2D eigenvalue weighted by atomic mass is 10.00. The second-order valence-electron chi connectivity index (χ2n) is 4.74. The van der Waals surface area contributed by atoms with E-state index in [9.17, 15) is 22.7 Å². The fraction of sp³-hybridized carbons (Fsp3) is 0.462. The first-order valence-electron chi connectivity index (χ1n) is 6.28. The van der Waals surface area contributed by atoms with Crippen LogP contribution in [0, 0.1) is 17.1 Å². The van der Waals surface area contributed by atoms with E-state index in [0.29, 0.717) is 19.2 Å². The SMILES string of the molecule is Cl.Cl.N#Cc1cc(F)c(O)c([C@@H](N2CCNCC2)C(F)(F)F)c1. The maximum Gasteiger partial charge on any atom is 0.408 e. The van der Waals surface area contributed by atoms with E-state index in [0.717, 1.165) is 11.0 Å². The standard InChI is InChI=1S/C13H13F4N3O.2ClH/c14-10-6-8(7-18)5-9(11(10)21)12(13(15,16)17)20-3-1-19-2-4-20;;/h5-6,12,19,21H,1-4H2;2*1H/t12-;;/m1../s1. The molecule has 23 heavy (non-hydrogen) atoms. The number of aromatic hydroxyl groups is 1. The number of nitriles is 1. The van der Waals surface area contributed by atoms with Crippen LogP contribution in [-0.2, 0) is 0 Å². The summed E-state index contributed by atoms with van der Waals surface area (Å²) in [5.41, 5.74) is -0.884. The highest BCUT2D eigenvalue weighted by Crippen LogP contribution is 2.42. The summed E-state index contributed by atoms with van der Waals surface area (Å²) < 4.78 is 53.6. The molecule has 130 valence electrons. The highest BCUT2D eigenvalue weighted by Gasteiger charge is 2.46. The summed E-state index contributed by atoms with van der Waals surface area (Å²) in [5, 5.41) is 21.3. The molecule has 1 atom stereocenters. The van der Waals surface area contributed by atoms with Gasteiger partial charge in [-0.2, -0.15) is 18.4 Å². The van der Waals surface area contributed by atoms with Gasteiger partial charge in [0.2, 0.25) is 0 Å². The Bertz CT molecular complexity index is 572. The predicted octanol–water partition coefficient (Wildman–Crippen LogP) is 2.76. The first kappa shape index (κ1) is 21.7. The maximum absolute atomic E-state index is 13.5. The average Bonchev–Trinajstić information content (AvgIpc) is 2.43. The molecule has 1 saturated heterocycles. The first-order chi connectivity index (χ1) is 9.84. The van der Waals surface area contributed by atoms with E-state index < -0.39 is 29.3 Å². The lowest BCUT2D eigenvalue weighted by molar-refractivity contribution is -0.188. The molecule has 0 spiro atoms. The predicted molar refractivity (Wildman–Crippen MR) is 80.5 cm³/mol. The van der Waals surface area contributed by atoms with Crippen LogP contribution < -0.4 is 5.32 Å². The minimum atomic E-state index is -4.69. The lowest BCUT2D eigenvalue weighted by Gasteiger charge is -2.36. The van der Waals surface area contributed by atoms with Crippen molar-refractivity contribution in [1.29, 1.82) is 5.26 Å². The van der Waals surface area contributed by atoms with Crippen LogP contribution in [0.3, 0.4) is 0 Å². The number of piperazine rings is 1. The Kier molecular flexibility index (Phi) is 8.07. The molecule has 2 rings (SSSR count). The molecular weight excluding hydrogens is 361 g/mol.